The molecule has 10 nitrogen and oxygen atoms in total. The average molecular weight is 542 g/mol. The van der Waals surface area contributed by atoms with Gasteiger partial charge in [-0.25, -0.2) is 4.52 Å². The second kappa shape index (κ2) is 11.3. The van der Waals surface area contributed by atoms with Gasteiger partial charge in [-0.2, -0.15) is 10.4 Å². The number of nitrogens with zero attached hydrogens (tertiary/aromatic N) is 4. The van der Waals surface area contributed by atoms with Crippen molar-refractivity contribution in [3.8, 4) is 17.5 Å². The summed E-state index contributed by atoms with van der Waals surface area (Å²) in [5.74, 6) is 0.207. The van der Waals surface area contributed by atoms with Crippen LogP contribution in [-0.2, 0) is 4.79 Å². The van der Waals surface area contributed by atoms with Gasteiger partial charge in [0.05, 0.1) is 46.0 Å². The van der Waals surface area contributed by atoms with Gasteiger partial charge >= 0.3 is 0 Å². The van der Waals surface area contributed by atoms with E-state index >= 15 is 0 Å². The van der Waals surface area contributed by atoms with Crippen molar-refractivity contribution in [2.75, 3.05) is 5.32 Å². The lowest BCUT2D eigenvalue weighted by molar-refractivity contribution is -0.123. The Morgan fingerprint density at radius 2 is 1.73 bits per heavy atom. The van der Waals surface area contributed by atoms with Crippen molar-refractivity contribution in [3.63, 3.8) is 0 Å². The number of carbonyl (C=O) groups excluding carboxylic acids is 2. The van der Waals surface area contributed by atoms with Crippen LogP contribution in [0.4, 0.5) is 5.69 Å². The molecule has 0 aliphatic heterocycles. The van der Waals surface area contributed by atoms with Crippen LogP contribution >= 0.6 is 0 Å². The number of pyridine rings is 1. The number of aliphatic hydroxyl groups excluding tert-OH is 1. The van der Waals surface area contributed by atoms with Crippen molar-refractivity contribution in [2.45, 2.75) is 88.4 Å². The van der Waals surface area contributed by atoms with Crippen molar-refractivity contribution in [1.29, 1.82) is 5.26 Å². The Kier molecular flexibility index (Phi) is 7.39. The summed E-state index contributed by atoms with van der Waals surface area (Å²) >= 11 is 0. The summed E-state index contributed by atoms with van der Waals surface area (Å²) in [4.78, 5) is 30.3. The molecule has 0 saturated heterocycles. The van der Waals surface area contributed by atoms with Gasteiger partial charge in [0.15, 0.2) is 0 Å². The third-order valence-corrected chi connectivity index (χ3v) is 8.40. The summed E-state index contributed by atoms with van der Waals surface area (Å²) in [7, 11) is 0. The van der Waals surface area contributed by atoms with E-state index in [4.69, 9.17) is 0 Å². The third kappa shape index (κ3) is 5.80. The lowest BCUT2D eigenvalue weighted by Gasteiger charge is -2.30. The zero-order chi connectivity index (χ0) is 27.6. The number of anilines is 1. The van der Waals surface area contributed by atoms with E-state index in [0.717, 1.165) is 69.0 Å². The highest BCUT2D eigenvalue weighted by Crippen LogP contribution is 2.31. The van der Waals surface area contributed by atoms with Gasteiger partial charge in [-0.1, -0.05) is 0 Å². The van der Waals surface area contributed by atoms with Crippen LogP contribution in [0.1, 0.15) is 80.1 Å². The minimum absolute atomic E-state index is 0.0405. The molecule has 0 aromatic carbocycles. The van der Waals surface area contributed by atoms with Gasteiger partial charge in [0.2, 0.25) is 5.91 Å². The Balaban J connectivity index is 1.20. The van der Waals surface area contributed by atoms with E-state index < -0.39 is 0 Å². The Hall–Kier alpha value is -3.97. The monoisotopic (exact) mass is 541 g/mol. The SMILES string of the molecule is N#Cc1cnn2c(-c3cc(N[C@H]4CCC[C@@H](O)C4)c(C(=O)NC4CCC(NC(=O)C5CC5)CC4)cn3)ccc2c1. The Morgan fingerprint density at radius 3 is 2.45 bits per heavy atom. The van der Waals surface area contributed by atoms with Crippen LogP contribution in [0, 0.1) is 17.2 Å². The molecule has 0 spiro atoms. The molecule has 40 heavy (non-hydrogen) atoms. The van der Waals surface area contributed by atoms with E-state index in [9.17, 15) is 20.0 Å². The Bertz CT molecular complexity index is 1450. The van der Waals surface area contributed by atoms with Crippen LogP contribution in [0.2, 0.25) is 0 Å². The van der Waals surface area contributed by atoms with Crippen molar-refractivity contribution in [2.24, 2.45) is 5.92 Å². The van der Waals surface area contributed by atoms with Gasteiger partial charge in [-0.15, -0.1) is 0 Å². The van der Waals surface area contributed by atoms with Crippen molar-refractivity contribution >= 4 is 23.0 Å². The minimum atomic E-state index is -0.353. The topological polar surface area (TPSA) is 144 Å². The molecule has 4 N–H and O–H groups in total. The molecule has 6 rings (SSSR count). The molecule has 3 aliphatic carbocycles. The summed E-state index contributed by atoms with van der Waals surface area (Å²) in [6, 6.07) is 9.83. The van der Waals surface area contributed by atoms with Gasteiger partial charge < -0.3 is 21.1 Å². The first-order valence-corrected chi connectivity index (χ1v) is 14.4. The average Bonchev–Trinajstić information content (AvgIpc) is 3.73. The number of nitrogens with one attached hydrogen (secondary N) is 3. The quantitative estimate of drug-likeness (QED) is 0.358. The molecule has 0 radical (unpaired) electrons. The smallest absolute Gasteiger partial charge is 0.255 e. The second-order valence-electron chi connectivity index (χ2n) is 11.5. The third-order valence-electron chi connectivity index (χ3n) is 8.40. The van der Waals surface area contributed by atoms with E-state index in [0.29, 0.717) is 28.9 Å². The predicted octanol–water partition coefficient (Wildman–Crippen LogP) is 3.55. The molecular weight excluding hydrogens is 506 g/mol. The number of fused-ring (bicyclic) bond motifs is 1. The molecule has 2 amide bonds. The Labute approximate surface area is 233 Å². The van der Waals surface area contributed by atoms with Crippen LogP contribution in [0.5, 0.6) is 0 Å². The predicted molar refractivity (Wildman–Crippen MR) is 149 cm³/mol. The largest absolute Gasteiger partial charge is 0.393 e. The molecule has 3 fully saturated rings. The molecule has 3 aromatic heterocycles. The first-order chi connectivity index (χ1) is 19.5. The van der Waals surface area contributed by atoms with Crippen LogP contribution in [-0.4, -0.2) is 55.7 Å². The number of hydrogen-bond acceptors (Lipinski definition) is 7. The Morgan fingerprint density at radius 1 is 0.950 bits per heavy atom. The minimum Gasteiger partial charge on any atom is -0.393 e. The van der Waals surface area contributed by atoms with E-state index in [-0.39, 0.29) is 42.0 Å². The van der Waals surface area contributed by atoms with Crippen LogP contribution < -0.4 is 16.0 Å². The number of nitriles is 1. The standard InChI is InChI=1S/C30H35N7O3/c31-15-18-12-23-10-11-28(37(23)33-16-18)27-14-26(34-22-2-1-3-24(38)13-22)25(17-32-27)30(40)36-21-8-6-20(7-9-21)35-29(39)19-4-5-19/h10-12,14,16-17,19-22,24,38H,1-9,13H2,(H,32,34)(H,35,39)(H,36,40)/t20?,21?,22-,24+/m0/s1. The lowest BCUT2D eigenvalue weighted by Crippen LogP contribution is -2.44. The van der Waals surface area contributed by atoms with E-state index in [1.165, 1.54) is 6.20 Å². The zero-order valence-corrected chi connectivity index (χ0v) is 22.5. The number of rotatable bonds is 7. The summed E-state index contributed by atoms with van der Waals surface area (Å²) < 4.78 is 1.73. The summed E-state index contributed by atoms with van der Waals surface area (Å²) in [5, 5.41) is 33.8. The molecule has 208 valence electrons. The van der Waals surface area contributed by atoms with E-state index in [2.05, 4.69) is 32.1 Å². The molecule has 3 aromatic rings. The first-order valence-electron chi connectivity index (χ1n) is 14.4. The van der Waals surface area contributed by atoms with Crippen molar-refractivity contribution < 1.29 is 14.7 Å². The maximum atomic E-state index is 13.5. The number of amides is 2. The van der Waals surface area contributed by atoms with Gasteiger partial charge in [0, 0.05) is 30.2 Å². The maximum Gasteiger partial charge on any atom is 0.255 e. The zero-order valence-electron chi connectivity index (χ0n) is 22.5. The number of carbonyl (C=O) groups is 2. The van der Waals surface area contributed by atoms with Gasteiger partial charge in [-0.3, -0.25) is 14.6 Å². The molecule has 10 heteroatoms. The van der Waals surface area contributed by atoms with E-state index in [1.54, 1.807) is 16.8 Å². The molecule has 3 aliphatic rings. The van der Waals surface area contributed by atoms with Crippen LogP contribution in [0.25, 0.3) is 16.9 Å². The van der Waals surface area contributed by atoms with Crippen LogP contribution in [0.3, 0.4) is 0 Å². The summed E-state index contributed by atoms with van der Waals surface area (Å²) in [6.45, 7) is 0. The molecule has 3 heterocycles. The highest BCUT2D eigenvalue weighted by molar-refractivity contribution is 6.00. The van der Waals surface area contributed by atoms with Gasteiger partial charge in [-0.05, 0) is 88.5 Å². The summed E-state index contributed by atoms with van der Waals surface area (Å²) in [5.41, 5.74) is 3.81. The highest BCUT2D eigenvalue weighted by Gasteiger charge is 2.32. The van der Waals surface area contributed by atoms with Gasteiger partial charge in [0.1, 0.15) is 6.07 Å². The molecular formula is C30H35N7O3. The number of aromatic nitrogens is 3. The van der Waals surface area contributed by atoms with Crippen LogP contribution in [0.15, 0.2) is 36.7 Å². The van der Waals surface area contributed by atoms with E-state index in [1.807, 2.05) is 18.2 Å². The fraction of sp³-hybridized carbons (Fsp3) is 0.500. The fourth-order valence-electron chi connectivity index (χ4n) is 5.97. The van der Waals surface area contributed by atoms with Crippen molar-refractivity contribution in [1.82, 2.24) is 25.2 Å². The summed E-state index contributed by atoms with van der Waals surface area (Å²) in [6.07, 6.45) is 11.4. The second-order valence-corrected chi connectivity index (χ2v) is 11.5. The molecule has 2 atom stereocenters. The first kappa shape index (κ1) is 26.3. The van der Waals surface area contributed by atoms with Gasteiger partial charge in [0.25, 0.3) is 5.91 Å². The fourth-order valence-corrected chi connectivity index (χ4v) is 5.97. The maximum absolute atomic E-state index is 13.5. The number of hydrogen-bond donors (Lipinski definition) is 4. The van der Waals surface area contributed by atoms with Crippen molar-refractivity contribution in [3.05, 3.63) is 47.8 Å². The number of aliphatic hydroxyl groups is 1. The normalized spacial score (nSPS) is 24.7. The molecule has 0 unspecified atom stereocenters. The lowest BCUT2D eigenvalue weighted by atomic mass is 9.90. The molecule has 0 bridgehead atoms. The highest BCUT2D eigenvalue weighted by atomic mass is 16.3. The molecule has 3 saturated carbocycles.